The molecule has 0 bridgehead atoms. The van der Waals surface area contributed by atoms with Crippen LogP contribution in [-0.4, -0.2) is 48.4 Å². The maximum Gasteiger partial charge on any atom is 0.222 e. The van der Waals surface area contributed by atoms with Gasteiger partial charge >= 0.3 is 0 Å². The lowest BCUT2D eigenvalue weighted by atomic mass is 9.90. The Balaban J connectivity index is 1.15. The Kier molecular flexibility index (Phi) is 10.1. The molecule has 0 atom stereocenters. The van der Waals surface area contributed by atoms with Crippen LogP contribution in [0.5, 0.6) is 0 Å². The van der Waals surface area contributed by atoms with Crippen LogP contribution in [0.15, 0.2) is 30.3 Å². The monoisotopic (exact) mass is 398 g/mol. The second-order valence-corrected chi connectivity index (χ2v) is 9.27. The summed E-state index contributed by atoms with van der Waals surface area (Å²) >= 11 is 0. The summed E-state index contributed by atoms with van der Waals surface area (Å²) in [5.74, 6) is 1.34. The summed E-state index contributed by atoms with van der Waals surface area (Å²) in [5, 5.41) is 0. The van der Waals surface area contributed by atoms with Gasteiger partial charge < -0.3 is 9.80 Å². The van der Waals surface area contributed by atoms with Crippen molar-refractivity contribution in [3.05, 3.63) is 35.9 Å². The molecule has 1 aromatic rings. The minimum atomic E-state index is 0.402. The number of piperidine rings is 2. The number of benzene rings is 1. The van der Waals surface area contributed by atoms with E-state index in [9.17, 15) is 4.79 Å². The molecule has 2 heterocycles. The number of carbonyl (C=O) groups is 1. The smallest absolute Gasteiger partial charge is 0.222 e. The molecule has 2 fully saturated rings. The van der Waals surface area contributed by atoms with Crippen LogP contribution in [0.25, 0.3) is 0 Å². The van der Waals surface area contributed by atoms with Gasteiger partial charge in [-0.15, -0.1) is 0 Å². The molecule has 0 aromatic heterocycles. The van der Waals surface area contributed by atoms with Gasteiger partial charge in [0.1, 0.15) is 0 Å². The number of aryl methyl sites for hydroxylation is 1. The Morgan fingerprint density at radius 3 is 2.31 bits per heavy atom. The molecule has 2 saturated heterocycles. The van der Waals surface area contributed by atoms with Crippen molar-refractivity contribution in [1.29, 1.82) is 0 Å². The highest BCUT2D eigenvalue weighted by Crippen LogP contribution is 2.23. The van der Waals surface area contributed by atoms with Gasteiger partial charge in [-0.25, -0.2) is 0 Å². The second-order valence-electron chi connectivity index (χ2n) is 9.27. The summed E-state index contributed by atoms with van der Waals surface area (Å²) in [6.45, 7) is 5.85. The van der Waals surface area contributed by atoms with Gasteiger partial charge in [0.2, 0.25) is 5.91 Å². The fourth-order valence-electron chi connectivity index (χ4n) is 5.00. The molecule has 0 unspecified atom stereocenters. The van der Waals surface area contributed by atoms with E-state index in [-0.39, 0.29) is 0 Å². The zero-order valence-electron chi connectivity index (χ0n) is 18.5. The van der Waals surface area contributed by atoms with Crippen molar-refractivity contribution in [3.8, 4) is 0 Å². The van der Waals surface area contributed by atoms with Crippen molar-refractivity contribution < 1.29 is 4.79 Å². The molecule has 3 nitrogen and oxygen atoms in total. The Morgan fingerprint density at radius 2 is 1.55 bits per heavy atom. The number of amides is 1. The Morgan fingerprint density at radius 1 is 0.828 bits per heavy atom. The number of rotatable bonds is 11. The van der Waals surface area contributed by atoms with Crippen molar-refractivity contribution in [2.45, 2.75) is 83.5 Å². The molecule has 0 aliphatic carbocycles. The fraction of sp³-hybridized carbons (Fsp3) is 0.731. The first kappa shape index (κ1) is 22.3. The molecule has 1 aromatic carbocycles. The number of likely N-dealkylation sites (tertiary alicyclic amines) is 2. The van der Waals surface area contributed by atoms with Crippen LogP contribution in [0.4, 0.5) is 0 Å². The normalized spacial score (nSPS) is 18.8. The molecule has 29 heavy (non-hydrogen) atoms. The van der Waals surface area contributed by atoms with Gasteiger partial charge in [-0.3, -0.25) is 4.79 Å². The zero-order valence-corrected chi connectivity index (χ0v) is 18.5. The van der Waals surface area contributed by atoms with E-state index in [4.69, 9.17) is 0 Å². The van der Waals surface area contributed by atoms with Crippen LogP contribution in [0.2, 0.25) is 0 Å². The molecule has 162 valence electrons. The first-order valence-corrected chi connectivity index (χ1v) is 12.4. The highest BCUT2D eigenvalue weighted by molar-refractivity contribution is 5.76. The van der Waals surface area contributed by atoms with Crippen molar-refractivity contribution in [2.24, 2.45) is 5.92 Å². The molecule has 3 rings (SSSR count). The van der Waals surface area contributed by atoms with Gasteiger partial charge in [-0.2, -0.15) is 0 Å². The third-order valence-corrected chi connectivity index (χ3v) is 6.95. The van der Waals surface area contributed by atoms with E-state index in [1.54, 1.807) is 0 Å². The highest BCUT2D eigenvalue weighted by atomic mass is 16.2. The van der Waals surface area contributed by atoms with Gasteiger partial charge in [0.05, 0.1) is 0 Å². The highest BCUT2D eigenvalue weighted by Gasteiger charge is 2.18. The maximum atomic E-state index is 12.2. The van der Waals surface area contributed by atoms with Crippen LogP contribution in [0, 0.1) is 5.92 Å². The lowest BCUT2D eigenvalue weighted by Crippen LogP contribution is -2.35. The summed E-state index contributed by atoms with van der Waals surface area (Å²) in [4.78, 5) is 16.9. The number of unbranched alkanes of at least 4 members (excludes halogenated alkanes) is 3. The topological polar surface area (TPSA) is 23.6 Å². The number of hydrogen-bond donors (Lipinski definition) is 0. The van der Waals surface area contributed by atoms with E-state index >= 15 is 0 Å². The van der Waals surface area contributed by atoms with E-state index in [1.807, 2.05) is 0 Å². The predicted molar refractivity (Wildman–Crippen MR) is 122 cm³/mol. The Bertz CT molecular complexity index is 559. The number of nitrogens with zero attached hydrogens (tertiary/aromatic N) is 2. The molecule has 0 radical (unpaired) electrons. The summed E-state index contributed by atoms with van der Waals surface area (Å²) in [5.41, 5.74) is 1.49. The van der Waals surface area contributed by atoms with E-state index < -0.39 is 0 Å². The van der Waals surface area contributed by atoms with Gasteiger partial charge in [-0.1, -0.05) is 49.6 Å². The largest absolute Gasteiger partial charge is 0.343 e. The lowest BCUT2D eigenvalue weighted by molar-refractivity contribution is -0.132. The van der Waals surface area contributed by atoms with Crippen molar-refractivity contribution >= 4 is 5.91 Å². The minimum absolute atomic E-state index is 0.402. The zero-order chi connectivity index (χ0) is 20.2. The first-order chi connectivity index (χ1) is 14.3. The van der Waals surface area contributed by atoms with Crippen molar-refractivity contribution in [2.75, 3.05) is 32.7 Å². The van der Waals surface area contributed by atoms with Crippen LogP contribution in [0.3, 0.4) is 0 Å². The SMILES string of the molecule is O=C(CCCCCCN1CCC(CCCc2ccccc2)CC1)N1CCCCC1. The van der Waals surface area contributed by atoms with E-state index in [0.29, 0.717) is 5.91 Å². The van der Waals surface area contributed by atoms with Crippen LogP contribution in [0.1, 0.15) is 82.6 Å². The quantitative estimate of drug-likeness (QED) is 0.447. The molecule has 3 heteroatoms. The van der Waals surface area contributed by atoms with Crippen LogP contribution >= 0.6 is 0 Å². The summed E-state index contributed by atoms with van der Waals surface area (Å²) in [6, 6.07) is 10.9. The molecule has 0 saturated carbocycles. The third-order valence-electron chi connectivity index (χ3n) is 6.95. The maximum absolute atomic E-state index is 12.2. The molecule has 0 spiro atoms. The van der Waals surface area contributed by atoms with Gasteiger partial charge in [0.25, 0.3) is 0 Å². The fourth-order valence-corrected chi connectivity index (χ4v) is 5.00. The molecule has 2 aliphatic rings. The van der Waals surface area contributed by atoms with Crippen LogP contribution in [-0.2, 0) is 11.2 Å². The second kappa shape index (κ2) is 13.1. The number of hydrogen-bond acceptors (Lipinski definition) is 2. The molecule has 2 aliphatic heterocycles. The summed E-state index contributed by atoms with van der Waals surface area (Å²) in [6.07, 6.45) is 16.1. The average molecular weight is 399 g/mol. The first-order valence-electron chi connectivity index (χ1n) is 12.4. The number of carbonyl (C=O) groups excluding carboxylic acids is 1. The molecular formula is C26H42N2O. The molecule has 0 N–H and O–H groups in total. The Labute approximate surface area is 178 Å². The lowest BCUT2D eigenvalue weighted by Gasteiger charge is -2.32. The predicted octanol–water partition coefficient (Wildman–Crippen LogP) is 5.68. The molecule has 1 amide bonds. The summed E-state index contributed by atoms with van der Waals surface area (Å²) < 4.78 is 0. The average Bonchev–Trinajstić information content (AvgIpc) is 2.78. The standard InChI is InChI=1S/C26H42N2O/c29-26(28-20-9-4-10-21-28)16-7-1-2-8-19-27-22-17-25(18-23-27)15-11-14-24-12-5-3-6-13-24/h3,5-6,12-13,25H,1-2,4,7-11,14-23H2. The summed E-state index contributed by atoms with van der Waals surface area (Å²) in [7, 11) is 0. The van der Waals surface area contributed by atoms with E-state index in [2.05, 4.69) is 40.1 Å². The van der Waals surface area contributed by atoms with Gasteiger partial charge in [0.15, 0.2) is 0 Å². The third kappa shape index (κ3) is 8.50. The van der Waals surface area contributed by atoms with Gasteiger partial charge in [-0.05, 0) is 88.9 Å². The van der Waals surface area contributed by atoms with Crippen LogP contribution < -0.4 is 0 Å². The van der Waals surface area contributed by atoms with Gasteiger partial charge in [0, 0.05) is 19.5 Å². The Hall–Kier alpha value is -1.35. The minimum Gasteiger partial charge on any atom is -0.343 e. The van der Waals surface area contributed by atoms with E-state index in [0.717, 1.165) is 31.8 Å². The van der Waals surface area contributed by atoms with Crippen molar-refractivity contribution in [1.82, 2.24) is 9.80 Å². The van der Waals surface area contributed by atoms with Crippen molar-refractivity contribution in [3.63, 3.8) is 0 Å². The van der Waals surface area contributed by atoms with E-state index in [1.165, 1.54) is 95.8 Å². The molecular weight excluding hydrogens is 356 g/mol.